The number of aromatic nitrogens is 2. The average Bonchev–Trinajstić information content (AvgIpc) is 2.27. The van der Waals surface area contributed by atoms with E-state index < -0.39 is 0 Å². The highest BCUT2D eigenvalue weighted by molar-refractivity contribution is 9.10. The largest absolute Gasteiger partial charge is 0.372 e. The summed E-state index contributed by atoms with van der Waals surface area (Å²) in [5, 5.41) is 6.66. The van der Waals surface area contributed by atoms with Crippen LogP contribution in [0.4, 0.5) is 11.6 Å². The Morgan fingerprint density at radius 2 is 1.65 bits per heavy atom. The Balaban J connectivity index is 2.17. The zero-order valence-electron chi connectivity index (χ0n) is 13.0. The molecule has 4 nitrogen and oxygen atoms in total. The van der Waals surface area contributed by atoms with Gasteiger partial charge < -0.3 is 10.6 Å². The van der Waals surface area contributed by atoms with Gasteiger partial charge in [0, 0.05) is 13.1 Å². The zero-order valence-corrected chi connectivity index (χ0v) is 14.6. The number of halogens is 1. The molecule has 1 aliphatic carbocycles. The highest BCUT2D eigenvalue weighted by atomic mass is 79.9. The van der Waals surface area contributed by atoms with Gasteiger partial charge in [-0.2, -0.15) is 0 Å². The van der Waals surface area contributed by atoms with Crippen molar-refractivity contribution in [3.63, 3.8) is 0 Å². The van der Waals surface area contributed by atoms with E-state index in [1.54, 1.807) is 6.33 Å². The van der Waals surface area contributed by atoms with Crippen LogP contribution < -0.4 is 10.6 Å². The minimum atomic E-state index is 0.366. The van der Waals surface area contributed by atoms with Crippen molar-refractivity contribution in [2.24, 2.45) is 10.8 Å². The molecule has 1 aromatic heterocycles. The molecule has 5 heteroatoms. The van der Waals surface area contributed by atoms with Gasteiger partial charge in [-0.15, -0.1) is 0 Å². The van der Waals surface area contributed by atoms with Crippen LogP contribution in [0.1, 0.15) is 47.0 Å². The molecule has 1 aliphatic rings. The van der Waals surface area contributed by atoms with Crippen molar-refractivity contribution in [3.05, 3.63) is 10.8 Å². The van der Waals surface area contributed by atoms with E-state index in [2.05, 4.69) is 64.2 Å². The summed E-state index contributed by atoms with van der Waals surface area (Å²) in [6.45, 7) is 9.43. The molecule has 0 atom stereocenters. The van der Waals surface area contributed by atoms with Crippen molar-refractivity contribution in [2.75, 3.05) is 17.7 Å². The predicted octanol–water partition coefficient (Wildman–Crippen LogP) is 4.30. The number of nitrogens with one attached hydrogen (secondary N) is 2. The maximum absolute atomic E-state index is 4.37. The first-order valence-electron chi connectivity index (χ1n) is 7.17. The number of anilines is 2. The predicted molar refractivity (Wildman–Crippen MR) is 88.1 cm³/mol. The van der Waals surface area contributed by atoms with Gasteiger partial charge in [-0.1, -0.05) is 27.7 Å². The number of hydrogen-bond donors (Lipinski definition) is 2. The molecule has 1 heterocycles. The molecule has 1 fully saturated rings. The average molecular weight is 341 g/mol. The van der Waals surface area contributed by atoms with E-state index in [4.69, 9.17) is 0 Å². The van der Waals surface area contributed by atoms with Gasteiger partial charge in [-0.25, -0.2) is 9.97 Å². The summed E-state index contributed by atoms with van der Waals surface area (Å²) in [5.41, 5.74) is 0.732. The fourth-order valence-corrected chi connectivity index (χ4v) is 4.30. The van der Waals surface area contributed by atoms with Gasteiger partial charge in [0.1, 0.15) is 22.4 Å². The molecule has 0 unspecified atom stereocenters. The normalized spacial score (nSPS) is 21.5. The minimum absolute atomic E-state index is 0.366. The van der Waals surface area contributed by atoms with Crippen LogP contribution in [0.25, 0.3) is 0 Å². The van der Waals surface area contributed by atoms with Gasteiger partial charge in [0.15, 0.2) is 0 Å². The fraction of sp³-hybridized carbons (Fsp3) is 0.733. The Morgan fingerprint density at radius 3 is 2.20 bits per heavy atom. The van der Waals surface area contributed by atoms with Gasteiger partial charge in [0.2, 0.25) is 0 Å². The Morgan fingerprint density at radius 1 is 1.10 bits per heavy atom. The Kier molecular flexibility index (Phi) is 4.28. The van der Waals surface area contributed by atoms with E-state index in [-0.39, 0.29) is 0 Å². The number of nitrogens with zero attached hydrogens (tertiary/aromatic N) is 2. The third-order valence-corrected chi connectivity index (χ3v) is 4.67. The second-order valence-corrected chi connectivity index (χ2v) is 8.18. The van der Waals surface area contributed by atoms with Gasteiger partial charge in [-0.05, 0) is 46.0 Å². The summed E-state index contributed by atoms with van der Waals surface area (Å²) in [4.78, 5) is 8.57. The molecule has 0 bridgehead atoms. The van der Waals surface area contributed by atoms with Crippen LogP contribution in [0.3, 0.4) is 0 Å². The third kappa shape index (κ3) is 3.62. The lowest BCUT2D eigenvalue weighted by Crippen LogP contribution is -2.40. The van der Waals surface area contributed by atoms with Crippen molar-refractivity contribution in [1.29, 1.82) is 0 Å². The number of rotatable bonds is 3. The molecular weight excluding hydrogens is 316 g/mol. The second-order valence-electron chi connectivity index (χ2n) is 7.39. The maximum atomic E-state index is 4.37. The van der Waals surface area contributed by atoms with Gasteiger partial charge >= 0.3 is 0 Å². The Bertz CT molecular complexity index is 469. The first kappa shape index (κ1) is 15.5. The van der Waals surface area contributed by atoms with Crippen LogP contribution in [-0.4, -0.2) is 23.1 Å². The Labute approximate surface area is 130 Å². The molecule has 0 radical (unpaired) electrons. The van der Waals surface area contributed by atoms with Crippen LogP contribution in [0.5, 0.6) is 0 Å². The van der Waals surface area contributed by atoms with Gasteiger partial charge in [0.05, 0.1) is 0 Å². The monoisotopic (exact) mass is 340 g/mol. The van der Waals surface area contributed by atoms with Crippen molar-refractivity contribution < 1.29 is 0 Å². The first-order valence-corrected chi connectivity index (χ1v) is 7.96. The van der Waals surface area contributed by atoms with E-state index >= 15 is 0 Å². The second kappa shape index (κ2) is 5.51. The van der Waals surface area contributed by atoms with E-state index in [1.807, 2.05) is 7.05 Å². The van der Waals surface area contributed by atoms with E-state index in [1.165, 1.54) is 19.3 Å². The van der Waals surface area contributed by atoms with E-state index in [0.29, 0.717) is 16.9 Å². The molecule has 0 aliphatic heterocycles. The molecule has 2 N–H and O–H groups in total. The molecule has 2 rings (SSSR count). The molecule has 0 aromatic carbocycles. The van der Waals surface area contributed by atoms with Gasteiger partial charge in [0.25, 0.3) is 0 Å². The molecule has 20 heavy (non-hydrogen) atoms. The topological polar surface area (TPSA) is 49.8 Å². The zero-order chi connectivity index (χ0) is 15.0. The molecule has 1 saturated carbocycles. The summed E-state index contributed by atoms with van der Waals surface area (Å²) < 4.78 is 0.906. The van der Waals surface area contributed by atoms with Crippen LogP contribution in [-0.2, 0) is 0 Å². The van der Waals surface area contributed by atoms with Crippen molar-refractivity contribution in [2.45, 2.75) is 53.0 Å². The van der Waals surface area contributed by atoms with E-state index in [9.17, 15) is 0 Å². The van der Waals surface area contributed by atoms with Crippen LogP contribution >= 0.6 is 15.9 Å². The molecule has 0 amide bonds. The summed E-state index contributed by atoms with van der Waals surface area (Å²) in [6.07, 6.45) is 5.20. The summed E-state index contributed by atoms with van der Waals surface area (Å²) >= 11 is 3.58. The fourth-order valence-electron chi connectivity index (χ4n) is 3.79. The van der Waals surface area contributed by atoms with Crippen LogP contribution in [0, 0.1) is 10.8 Å². The molecule has 0 spiro atoms. The van der Waals surface area contributed by atoms with Crippen molar-refractivity contribution in [1.82, 2.24) is 9.97 Å². The quantitative estimate of drug-likeness (QED) is 0.861. The maximum Gasteiger partial charge on any atom is 0.146 e. The summed E-state index contributed by atoms with van der Waals surface area (Å²) in [6, 6.07) is 0.449. The molecule has 0 saturated heterocycles. The SMILES string of the molecule is CNc1ncnc(NC2CC(C)(C)CC(C)(C)C2)c1Br. The third-order valence-electron chi connectivity index (χ3n) is 3.92. The van der Waals surface area contributed by atoms with Crippen molar-refractivity contribution in [3.8, 4) is 0 Å². The van der Waals surface area contributed by atoms with Crippen molar-refractivity contribution >= 4 is 27.6 Å². The van der Waals surface area contributed by atoms with Gasteiger partial charge in [-0.3, -0.25) is 0 Å². The summed E-state index contributed by atoms with van der Waals surface area (Å²) in [5.74, 6) is 1.69. The smallest absolute Gasteiger partial charge is 0.146 e. The minimum Gasteiger partial charge on any atom is -0.372 e. The van der Waals surface area contributed by atoms with Crippen LogP contribution in [0.2, 0.25) is 0 Å². The molecule has 1 aromatic rings. The lowest BCUT2D eigenvalue weighted by Gasteiger charge is -2.45. The lowest BCUT2D eigenvalue weighted by molar-refractivity contribution is 0.105. The number of hydrogen-bond acceptors (Lipinski definition) is 4. The van der Waals surface area contributed by atoms with E-state index in [0.717, 1.165) is 16.1 Å². The lowest BCUT2D eigenvalue weighted by atomic mass is 9.63. The first-order chi connectivity index (χ1) is 9.22. The highest BCUT2D eigenvalue weighted by Crippen LogP contribution is 2.46. The summed E-state index contributed by atoms with van der Waals surface area (Å²) in [7, 11) is 1.86. The standard InChI is InChI=1S/C15H25BrN4/c1-14(2)6-10(7-15(3,4)8-14)20-13-11(16)12(17-5)18-9-19-13/h9-10H,6-8H2,1-5H3,(H2,17,18,19,20). The van der Waals surface area contributed by atoms with Crippen LogP contribution in [0.15, 0.2) is 10.8 Å². The highest BCUT2D eigenvalue weighted by Gasteiger charge is 2.38. The molecular formula is C15H25BrN4. The molecule has 112 valence electrons. The Hall–Kier alpha value is -0.840.